The minimum atomic E-state index is 0.605. The minimum Gasteiger partial charge on any atom is -0.314 e. The van der Waals surface area contributed by atoms with Crippen molar-refractivity contribution in [3.05, 3.63) is 35.4 Å². The first-order valence-corrected chi connectivity index (χ1v) is 6.97. The molecule has 2 atom stereocenters. The Balaban J connectivity index is 2.07. The van der Waals surface area contributed by atoms with E-state index in [1.54, 1.807) is 5.56 Å². The Morgan fingerprint density at radius 2 is 2.00 bits per heavy atom. The van der Waals surface area contributed by atoms with Crippen LogP contribution < -0.4 is 5.32 Å². The third-order valence-electron chi connectivity index (χ3n) is 4.04. The number of rotatable bonds is 4. The van der Waals surface area contributed by atoms with Gasteiger partial charge in [0.05, 0.1) is 0 Å². The molecule has 1 saturated carbocycles. The molecule has 17 heavy (non-hydrogen) atoms. The second kappa shape index (κ2) is 5.68. The lowest BCUT2D eigenvalue weighted by molar-refractivity contribution is 0.422. The van der Waals surface area contributed by atoms with E-state index in [0.29, 0.717) is 6.04 Å². The Morgan fingerprint density at radius 3 is 2.71 bits per heavy atom. The van der Waals surface area contributed by atoms with Crippen LogP contribution in [0.15, 0.2) is 24.3 Å². The molecule has 0 saturated heterocycles. The Bertz CT molecular complexity index is 356. The Labute approximate surface area is 106 Å². The van der Waals surface area contributed by atoms with E-state index in [1.165, 1.54) is 31.4 Å². The fraction of sp³-hybridized carbons (Fsp3) is 0.625. The van der Waals surface area contributed by atoms with E-state index in [4.69, 9.17) is 0 Å². The van der Waals surface area contributed by atoms with E-state index >= 15 is 0 Å². The molecule has 0 amide bonds. The van der Waals surface area contributed by atoms with Gasteiger partial charge in [-0.15, -0.1) is 0 Å². The molecule has 1 aromatic carbocycles. The average Bonchev–Trinajstić information content (AvgIpc) is 2.75. The maximum absolute atomic E-state index is 3.61. The zero-order valence-corrected chi connectivity index (χ0v) is 11.4. The van der Waals surface area contributed by atoms with E-state index in [-0.39, 0.29) is 0 Å². The summed E-state index contributed by atoms with van der Waals surface area (Å²) in [7, 11) is 0. The molecule has 1 aromatic rings. The molecular formula is C16H25N. The van der Waals surface area contributed by atoms with Crippen LogP contribution in [-0.2, 0) is 0 Å². The molecule has 1 nitrogen and oxygen atoms in total. The fourth-order valence-electron chi connectivity index (χ4n) is 3.08. The molecular weight excluding hydrogens is 206 g/mol. The monoisotopic (exact) mass is 231 g/mol. The molecule has 0 heterocycles. The van der Waals surface area contributed by atoms with Gasteiger partial charge in [-0.05, 0) is 49.3 Å². The highest BCUT2D eigenvalue weighted by Gasteiger charge is 2.28. The molecule has 0 aromatic heterocycles. The van der Waals surface area contributed by atoms with Crippen LogP contribution in [0, 0.1) is 12.8 Å². The van der Waals surface area contributed by atoms with Crippen LogP contribution in [0.25, 0.3) is 0 Å². The van der Waals surface area contributed by atoms with Crippen molar-refractivity contribution in [3.63, 3.8) is 0 Å². The van der Waals surface area contributed by atoms with Gasteiger partial charge in [0.25, 0.3) is 0 Å². The topological polar surface area (TPSA) is 12.0 Å². The highest BCUT2D eigenvalue weighted by Crippen LogP contribution is 2.40. The lowest BCUT2D eigenvalue weighted by Gasteiger charge is -2.23. The Kier molecular flexibility index (Phi) is 4.22. The summed E-state index contributed by atoms with van der Waals surface area (Å²) in [5.41, 5.74) is 3.05. The second-order valence-corrected chi connectivity index (χ2v) is 5.72. The number of benzene rings is 1. The molecule has 1 aliphatic carbocycles. The van der Waals surface area contributed by atoms with Crippen molar-refractivity contribution >= 4 is 0 Å². The van der Waals surface area contributed by atoms with Gasteiger partial charge in [0.15, 0.2) is 0 Å². The average molecular weight is 231 g/mol. The van der Waals surface area contributed by atoms with Crippen LogP contribution in [-0.4, -0.2) is 12.6 Å². The van der Waals surface area contributed by atoms with Crippen molar-refractivity contribution in [3.8, 4) is 0 Å². The van der Waals surface area contributed by atoms with E-state index in [0.717, 1.165) is 11.8 Å². The van der Waals surface area contributed by atoms with Gasteiger partial charge in [-0.2, -0.15) is 0 Å². The van der Waals surface area contributed by atoms with Crippen molar-refractivity contribution in [1.29, 1.82) is 0 Å². The Morgan fingerprint density at radius 1 is 1.24 bits per heavy atom. The number of nitrogens with one attached hydrogen (secondary N) is 1. The summed E-state index contributed by atoms with van der Waals surface area (Å²) in [4.78, 5) is 0. The summed E-state index contributed by atoms with van der Waals surface area (Å²) >= 11 is 0. The van der Waals surface area contributed by atoms with Gasteiger partial charge < -0.3 is 5.32 Å². The predicted molar refractivity (Wildman–Crippen MR) is 74.4 cm³/mol. The quantitative estimate of drug-likeness (QED) is 0.829. The largest absolute Gasteiger partial charge is 0.314 e. The molecule has 2 rings (SSSR count). The first kappa shape index (κ1) is 12.6. The lowest BCUT2D eigenvalue weighted by atomic mass is 9.86. The van der Waals surface area contributed by atoms with E-state index in [2.05, 4.69) is 50.4 Å². The standard InChI is InChI=1S/C16H25N/c1-12(2)17-11-14-8-6-10-16(14)15-9-5-4-7-13(15)3/h4-5,7,9,12,14,16-17H,6,8,10-11H2,1-3H3. The summed E-state index contributed by atoms with van der Waals surface area (Å²) in [5, 5.41) is 3.61. The van der Waals surface area contributed by atoms with E-state index in [1.807, 2.05) is 0 Å². The number of hydrogen-bond donors (Lipinski definition) is 1. The van der Waals surface area contributed by atoms with E-state index in [9.17, 15) is 0 Å². The van der Waals surface area contributed by atoms with Gasteiger partial charge >= 0.3 is 0 Å². The van der Waals surface area contributed by atoms with Crippen molar-refractivity contribution in [2.75, 3.05) is 6.54 Å². The van der Waals surface area contributed by atoms with Gasteiger partial charge in [0.1, 0.15) is 0 Å². The van der Waals surface area contributed by atoms with Crippen LogP contribution in [0.2, 0.25) is 0 Å². The molecule has 1 N–H and O–H groups in total. The molecule has 0 radical (unpaired) electrons. The number of aryl methyl sites for hydroxylation is 1. The lowest BCUT2D eigenvalue weighted by Crippen LogP contribution is -2.30. The molecule has 0 spiro atoms. The highest BCUT2D eigenvalue weighted by atomic mass is 14.9. The normalized spacial score (nSPS) is 24.5. The predicted octanol–water partition coefficient (Wildman–Crippen LogP) is 3.88. The van der Waals surface area contributed by atoms with Crippen LogP contribution in [0.4, 0.5) is 0 Å². The fourth-order valence-corrected chi connectivity index (χ4v) is 3.08. The smallest absolute Gasteiger partial charge is 0.00104 e. The summed E-state index contributed by atoms with van der Waals surface area (Å²) in [6.45, 7) is 7.90. The maximum Gasteiger partial charge on any atom is 0.00104 e. The molecule has 1 fully saturated rings. The first-order chi connectivity index (χ1) is 8.18. The zero-order valence-electron chi connectivity index (χ0n) is 11.4. The van der Waals surface area contributed by atoms with Crippen molar-refractivity contribution < 1.29 is 0 Å². The number of hydrogen-bond acceptors (Lipinski definition) is 1. The minimum absolute atomic E-state index is 0.605. The van der Waals surface area contributed by atoms with Crippen LogP contribution in [0.5, 0.6) is 0 Å². The molecule has 0 aliphatic heterocycles. The van der Waals surface area contributed by atoms with Crippen molar-refractivity contribution in [2.45, 2.75) is 52.0 Å². The van der Waals surface area contributed by atoms with Gasteiger partial charge in [-0.25, -0.2) is 0 Å². The zero-order chi connectivity index (χ0) is 12.3. The van der Waals surface area contributed by atoms with Gasteiger partial charge in [0, 0.05) is 6.04 Å². The van der Waals surface area contributed by atoms with Gasteiger partial charge in [0.2, 0.25) is 0 Å². The van der Waals surface area contributed by atoms with Crippen molar-refractivity contribution in [1.82, 2.24) is 5.32 Å². The van der Waals surface area contributed by atoms with Gasteiger partial charge in [-0.3, -0.25) is 0 Å². The van der Waals surface area contributed by atoms with Crippen LogP contribution >= 0.6 is 0 Å². The summed E-state index contributed by atoms with van der Waals surface area (Å²) in [5.74, 6) is 1.61. The van der Waals surface area contributed by atoms with Crippen molar-refractivity contribution in [2.24, 2.45) is 5.92 Å². The molecule has 1 heteroatoms. The maximum atomic E-state index is 3.61. The molecule has 2 unspecified atom stereocenters. The second-order valence-electron chi connectivity index (χ2n) is 5.72. The van der Waals surface area contributed by atoms with Crippen LogP contribution in [0.1, 0.15) is 50.2 Å². The molecule has 0 bridgehead atoms. The first-order valence-electron chi connectivity index (χ1n) is 6.97. The summed E-state index contributed by atoms with van der Waals surface area (Å²) < 4.78 is 0. The molecule has 94 valence electrons. The summed E-state index contributed by atoms with van der Waals surface area (Å²) in [6.07, 6.45) is 4.15. The third kappa shape index (κ3) is 3.10. The van der Waals surface area contributed by atoms with Gasteiger partial charge in [-0.1, -0.05) is 44.5 Å². The highest BCUT2D eigenvalue weighted by molar-refractivity contribution is 5.30. The summed E-state index contributed by atoms with van der Waals surface area (Å²) in [6, 6.07) is 9.52. The Hall–Kier alpha value is -0.820. The van der Waals surface area contributed by atoms with Crippen LogP contribution in [0.3, 0.4) is 0 Å². The van der Waals surface area contributed by atoms with E-state index < -0.39 is 0 Å². The third-order valence-corrected chi connectivity index (χ3v) is 4.04. The molecule has 1 aliphatic rings. The SMILES string of the molecule is Cc1ccccc1C1CCCC1CNC(C)C.